The van der Waals surface area contributed by atoms with Gasteiger partial charge < -0.3 is 11.5 Å². The SMILES string of the molecule is NC[C@H](N)c1ccc2ncccc2c1. The zero-order valence-electron chi connectivity index (χ0n) is 7.85. The minimum Gasteiger partial charge on any atom is -0.329 e. The number of nitrogens with two attached hydrogens (primary N) is 2. The Balaban J connectivity index is 2.51. The van der Waals surface area contributed by atoms with Gasteiger partial charge in [0.15, 0.2) is 0 Å². The van der Waals surface area contributed by atoms with E-state index in [1.807, 2.05) is 30.3 Å². The molecule has 0 aliphatic rings. The van der Waals surface area contributed by atoms with Gasteiger partial charge in [0.05, 0.1) is 5.52 Å². The molecule has 3 heteroatoms. The maximum absolute atomic E-state index is 5.84. The maximum atomic E-state index is 5.84. The van der Waals surface area contributed by atoms with Crippen molar-refractivity contribution in [2.75, 3.05) is 6.54 Å². The predicted octanol–water partition coefficient (Wildman–Crippen LogP) is 1.19. The molecule has 4 N–H and O–H groups in total. The lowest BCUT2D eigenvalue weighted by Crippen LogP contribution is -2.20. The van der Waals surface area contributed by atoms with E-state index in [1.54, 1.807) is 6.20 Å². The highest BCUT2D eigenvalue weighted by atomic mass is 14.7. The minimum absolute atomic E-state index is 0.0837. The highest BCUT2D eigenvalue weighted by Gasteiger charge is 2.03. The van der Waals surface area contributed by atoms with Crippen molar-refractivity contribution in [1.82, 2.24) is 4.98 Å². The molecule has 0 saturated heterocycles. The summed E-state index contributed by atoms with van der Waals surface area (Å²) < 4.78 is 0. The first-order valence-electron chi connectivity index (χ1n) is 4.61. The van der Waals surface area contributed by atoms with Crippen LogP contribution in [-0.2, 0) is 0 Å². The summed E-state index contributed by atoms with van der Waals surface area (Å²) in [5.74, 6) is 0. The second kappa shape index (κ2) is 3.74. The molecule has 0 aliphatic carbocycles. The van der Waals surface area contributed by atoms with E-state index in [2.05, 4.69) is 4.98 Å². The fourth-order valence-corrected chi connectivity index (χ4v) is 1.46. The van der Waals surface area contributed by atoms with Crippen LogP contribution in [0.15, 0.2) is 36.5 Å². The highest BCUT2D eigenvalue weighted by Crippen LogP contribution is 2.16. The average Bonchev–Trinajstić information content (AvgIpc) is 2.27. The zero-order chi connectivity index (χ0) is 9.97. The Hall–Kier alpha value is -1.45. The van der Waals surface area contributed by atoms with Crippen molar-refractivity contribution in [3.05, 3.63) is 42.1 Å². The lowest BCUT2D eigenvalue weighted by Gasteiger charge is -2.09. The summed E-state index contributed by atoms with van der Waals surface area (Å²) >= 11 is 0. The highest BCUT2D eigenvalue weighted by molar-refractivity contribution is 5.79. The molecule has 0 spiro atoms. The molecule has 0 fully saturated rings. The van der Waals surface area contributed by atoms with Crippen molar-refractivity contribution >= 4 is 10.9 Å². The summed E-state index contributed by atoms with van der Waals surface area (Å²) in [6, 6.07) is 9.85. The molecule has 2 rings (SSSR count). The van der Waals surface area contributed by atoms with Gasteiger partial charge in [-0.25, -0.2) is 0 Å². The minimum atomic E-state index is -0.0837. The van der Waals surface area contributed by atoms with Crippen LogP contribution in [0.5, 0.6) is 0 Å². The Kier molecular flexibility index (Phi) is 2.43. The maximum Gasteiger partial charge on any atom is 0.0702 e. The van der Waals surface area contributed by atoms with Crippen LogP contribution >= 0.6 is 0 Å². The van der Waals surface area contributed by atoms with Crippen LogP contribution in [-0.4, -0.2) is 11.5 Å². The Labute approximate surface area is 82.7 Å². The van der Waals surface area contributed by atoms with E-state index in [4.69, 9.17) is 11.5 Å². The van der Waals surface area contributed by atoms with Gasteiger partial charge in [-0.2, -0.15) is 0 Å². The number of pyridine rings is 1. The van der Waals surface area contributed by atoms with Crippen LogP contribution < -0.4 is 11.5 Å². The van der Waals surface area contributed by atoms with E-state index in [0.717, 1.165) is 16.5 Å². The molecule has 0 bridgehead atoms. The Morgan fingerprint density at radius 3 is 2.93 bits per heavy atom. The smallest absolute Gasteiger partial charge is 0.0702 e. The monoisotopic (exact) mass is 187 g/mol. The molecule has 1 atom stereocenters. The fraction of sp³-hybridized carbons (Fsp3) is 0.182. The molecular formula is C11H13N3. The van der Waals surface area contributed by atoms with Gasteiger partial charge in [-0.05, 0) is 23.8 Å². The zero-order valence-corrected chi connectivity index (χ0v) is 7.85. The van der Waals surface area contributed by atoms with E-state index in [9.17, 15) is 0 Å². The van der Waals surface area contributed by atoms with Gasteiger partial charge in [0.25, 0.3) is 0 Å². The van der Waals surface area contributed by atoms with Gasteiger partial charge in [-0.1, -0.05) is 12.1 Å². The van der Waals surface area contributed by atoms with Gasteiger partial charge in [-0.3, -0.25) is 4.98 Å². The second-order valence-electron chi connectivity index (χ2n) is 3.30. The van der Waals surface area contributed by atoms with Gasteiger partial charge in [0.2, 0.25) is 0 Å². The number of benzene rings is 1. The number of hydrogen-bond acceptors (Lipinski definition) is 3. The predicted molar refractivity (Wildman–Crippen MR) is 57.7 cm³/mol. The van der Waals surface area contributed by atoms with Gasteiger partial charge in [0, 0.05) is 24.2 Å². The number of hydrogen-bond donors (Lipinski definition) is 2. The van der Waals surface area contributed by atoms with Crippen molar-refractivity contribution in [1.29, 1.82) is 0 Å². The third kappa shape index (κ3) is 1.60. The number of nitrogens with zero attached hydrogens (tertiary/aromatic N) is 1. The van der Waals surface area contributed by atoms with Crippen LogP contribution in [0.2, 0.25) is 0 Å². The first-order chi connectivity index (χ1) is 6.81. The lowest BCUT2D eigenvalue weighted by atomic mass is 10.1. The van der Waals surface area contributed by atoms with Crippen LogP contribution in [0.1, 0.15) is 11.6 Å². The summed E-state index contributed by atoms with van der Waals surface area (Å²) in [6.07, 6.45) is 1.78. The molecule has 1 heterocycles. The number of aromatic nitrogens is 1. The first kappa shape index (κ1) is 9.12. The fourth-order valence-electron chi connectivity index (χ4n) is 1.46. The van der Waals surface area contributed by atoms with Crippen molar-refractivity contribution in [2.45, 2.75) is 6.04 Å². The van der Waals surface area contributed by atoms with E-state index in [1.165, 1.54) is 0 Å². The third-order valence-corrected chi connectivity index (χ3v) is 2.31. The topological polar surface area (TPSA) is 64.9 Å². The van der Waals surface area contributed by atoms with Gasteiger partial charge in [-0.15, -0.1) is 0 Å². The quantitative estimate of drug-likeness (QED) is 0.742. The molecule has 0 saturated carbocycles. The summed E-state index contributed by atoms with van der Waals surface area (Å²) in [5.41, 5.74) is 13.4. The standard InChI is InChI=1S/C11H13N3/c12-7-10(13)8-3-4-11-9(6-8)2-1-5-14-11/h1-6,10H,7,12-13H2/t10-/m0/s1. The third-order valence-electron chi connectivity index (χ3n) is 2.31. The molecule has 2 aromatic rings. The van der Waals surface area contributed by atoms with Crippen molar-refractivity contribution in [3.63, 3.8) is 0 Å². The van der Waals surface area contributed by atoms with Crippen LogP contribution in [0, 0.1) is 0 Å². The largest absolute Gasteiger partial charge is 0.329 e. The van der Waals surface area contributed by atoms with Crippen molar-refractivity contribution in [3.8, 4) is 0 Å². The average molecular weight is 187 g/mol. The van der Waals surface area contributed by atoms with E-state index < -0.39 is 0 Å². The number of fused-ring (bicyclic) bond motifs is 1. The Morgan fingerprint density at radius 2 is 2.14 bits per heavy atom. The Morgan fingerprint density at radius 1 is 1.29 bits per heavy atom. The molecule has 1 aromatic heterocycles. The normalized spacial score (nSPS) is 13.0. The van der Waals surface area contributed by atoms with Crippen LogP contribution in [0.4, 0.5) is 0 Å². The second-order valence-corrected chi connectivity index (χ2v) is 3.30. The van der Waals surface area contributed by atoms with Crippen LogP contribution in [0.25, 0.3) is 10.9 Å². The summed E-state index contributed by atoms with van der Waals surface area (Å²) in [5, 5.41) is 1.11. The van der Waals surface area contributed by atoms with Crippen molar-refractivity contribution in [2.24, 2.45) is 11.5 Å². The summed E-state index contributed by atoms with van der Waals surface area (Å²) in [7, 11) is 0. The van der Waals surface area contributed by atoms with Crippen LogP contribution in [0.3, 0.4) is 0 Å². The molecule has 0 unspecified atom stereocenters. The molecule has 0 amide bonds. The van der Waals surface area contributed by atoms with E-state index >= 15 is 0 Å². The molecule has 72 valence electrons. The van der Waals surface area contributed by atoms with E-state index in [-0.39, 0.29) is 6.04 Å². The lowest BCUT2D eigenvalue weighted by molar-refractivity contribution is 0.738. The molecule has 0 aliphatic heterocycles. The molecule has 1 aromatic carbocycles. The summed E-state index contributed by atoms with van der Waals surface area (Å²) in [6.45, 7) is 0.464. The molecular weight excluding hydrogens is 174 g/mol. The first-order valence-corrected chi connectivity index (χ1v) is 4.61. The molecule has 14 heavy (non-hydrogen) atoms. The van der Waals surface area contributed by atoms with Crippen molar-refractivity contribution < 1.29 is 0 Å². The van der Waals surface area contributed by atoms with Gasteiger partial charge >= 0.3 is 0 Å². The number of rotatable bonds is 2. The summed E-state index contributed by atoms with van der Waals surface area (Å²) in [4.78, 5) is 4.24. The Bertz CT molecular complexity index is 439. The van der Waals surface area contributed by atoms with Gasteiger partial charge in [0.1, 0.15) is 0 Å². The molecule has 3 nitrogen and oxygen atoms in total. The van der Waals surface area contributed by atoms with E-state index in [0.29, 0.717) is 6.54 Å². The molecule has 0 radical (unpaired) electrons.